The number of nitriles is 2. The molecule has 0 unspecified atom stereocenters. The van der Waals surface area contributed by atoms with E-state index in [1.165, 1.54) is 30.5 Å². The second kappa shape index (κ2) is 3.84. The first kappa shape index (κ1) is 8.69. The van der Waals surface area contributed by atoms with Crippen LogP contribution in [0.1, 0.15) is 5.56 Å². The van der Waals surface area contributed by atoms with Crippen LogP contribution >= 0.6 is 0 Å². The van der Waals surface area contributed by atoms with Gasteiger partial charge in [-0.25, -0.2) is 0 Å². The van der Waals surface area contributed by atoms with E-state index in [9.17, 15) is 5.21 Å². The van der Waals surface area contributed by atoms with Crippen LogP contribution in [0.25, 0.3) is 0 Å². The molecule has 0 aliphatic heterocycles. The summed E-state index contributed by atoms with van der Waals surface area (Å²) >= 11 is 0. The Balaban J connectivity index is 2.96. The standard InChI is InChI=1S/C8H4N4O/c9-5-7-1-3-8(4-2-7)11-12(13)6-10/h1-4H. The highest BCUT2D eigenvalue weighted by Gasteiger charge is 1.93. The zero-order valence-electron chi connectivity index (χ0n) is 6.51. The Kier molecular flexibility index (Phi) is 2.57. The summed E-state index contributed by atoms with van der Waals surface area (Å²) in [5.74, 6) is 0. The molecule has 13 heavy (non-hydrogen) atoms. The van der Waals surface area contributed by atoms with Crippen LogP contribution in [-0.2, 0) is 0 Å². The summed E-state index contributed by atoms with van der Waals surface area (Å²) in [5, 5.41) is 30.4. The fourth-order valence-corrected chi connectivity index (χ4v) is 0.730. The van der Waals surface area contributed by atoms with Crippen molar-refractivity contribution in [1.82, 2.24) is 0 Å². The maximum Gasteiger partial charge on any atom is 0.485 e. The average Bonchev–Trinajstić information content (AvgIpc) is 2.19. The van der Waals surface area contributed by atoms with E-state index in [0.29, 0.717) is 11.3 Å². The molecule has 5 nitrogen and oxygen atoms in total. The minimum atomic E-state index is -0.0959. The molecule has 0 fully saturated rings. The first-order valence-electron chi connectivity index (χ1n) is 3.35. The molecular formula is C8H4N4O. The van der Waals surface area contributed by atoms with E-state index in [1.54, 1.807) is 0 Å². The molecule has 0 saturated heterocycles. The molecule has 0 aliphatic rings. The van der Waals surface area contributed by atoms with Crippen LogP contribution < -0.4 is 0 Å². The minimum Gasteiger partial charge on any atom is -0.682 e. The maximum absolute atomic E-state index is 10.5. The van der Waals surface area contributed by atoms with Gasteiger partial charge >= 0.3 is 6.19 Å². The number of rotatable bonds is 1. The van der Waals surface area contributed by atoms with Gasteiger partial charge in [0.25, 0.3) is 0 Å². The molecule has 1 aromatic carbocycles. The molecule has 0 aliphatic carbocycles. The van der Waals surface area contributed by atoms with Gasteiger partial charge in [0.1, 0.15) is 5.69 Å². The summed E-state index contributed by atoms with van der Waals surface area (Å²) in [5.41, 5.74) is 0.823. The third kappa shape index (κ3) is 2.28. The highest BCUT2D eigenvalue weighted by molar-refractivity contribution is 5.41. The van der Waals surface area contributed by atoms with Crippen molar-refractivity contribution in [2.75, 3.05) is 0 Å². The Hall–Kier alpha value is -2.40. The molecule has 0 atom stereocenters. The van der Waals surface area contributed by atoms with E-state index in [-0.39, 0.29) is 4.86 Å². The SMILES string of the molecule is N#Cc1ccc(N=[N+]([O-])C#N)cc1. The molecule has 0 bridgehead atoms. The van der Waals surface area contributed by atoms with Crippen molar-refractivity contribution in [3.63, 3.8) is 0 Å². The van der Waals surface area contributed by atoms with Crippen LogP contribution in [0.4, 0.5) is 5.69 Å². The van der Waals surface area contributed by atoms with Gasteiger partial charge in [0.15, 0.2) is 5.26 Å². The highest BCUT2D eigenvalue weighted by Crippen LogP contribution is 2.12. The Bertz CT molecular complexity index is 407. The van der Waals surface area contributed by atoms with E-state index in [0.717, 1.165) is 0 Å². The van der Waals surface area contributed by atoms with Crippen LogP contribution in [0.15, 0.2) is 29.4 Å². The zero-order chi connectivity index (χ0) is 9.68. The van der Waals surface area contributed by atoms with Crippen molar-refractivity contribution in [3.05, 3.63) is 35.0 Å². The fourth-order valence-electron chi connectivity index (χ4n) is 0.730. The van der Waals surface area contributed by atoms with E-state index >= 15 is 0 Å². The lowest BCUT2D eigenvalue weighted by Crippen LogP contribution is -1.85. The predicted molar refractivity (Wildman–Crippen MR) is 42.5 cm³/mol. The normalized spacial score (nSPS) is 10.2. The van der Waals surface area contributed by atoms with Crippen molar-refractivity contribution >= 4 is 5.69 Å². The van der Waals surface area contributed by atoms with Crippen LogP contribution in [0.5, 0.6) is 0 Å². The third-order valence-corrected chi connectivity index (χ3v) is 1.29. The van der Waals surface area contributed by atoms with Gasteiger partial charge in [-0.1, -0.05) is 9.97 Å². The molecule has 0 N–H and O–H groups in total. The molecule has 1 aromatic rings. The Labute approximate surface area is 74.4 Å². The van der Waals surface area contributed by atoms with Crippen LogP contribution in [-0.4, -0.2) is 4.86 Å². The lowest BCUT2D eigenvalue weighted by molar-refractivity contribution is -0.433. The van der Waals surface area contributed by atoms with Crippen molar-refractivity contribution in [1.29, 1.82) is 10.5 Å². The number of benzene rings is 1. The summed E-state index contributed by atoms with van der Waals surface area (Å²) in [6, 6.07) is 7.93. The van der Waals surface area contributed by atoms with Crippen LogP contribution in [0, 0.1) is 28.0 Å². The molecule has 1 rings (SSSR count). The van der Waals surface area contributed by atoms with Gasteiger partial charge < -0.3 is 5.21 Å². The summed E-state index contributed by atoms with van der Waals surface area (Å²) in [6.45, 7) is 0. The fraction of sp³-hybridized carbons (Fsp3) is 0. The lowest BCUT2D eigenvalue weighted by atomic mass is 10.2. The highest BCUT2D eigenvalue weighted by atomic mass is 16.5. The van der Waals surface area contributed by atoms with Crippen molar-refractivity contribution in [2.45, 2.75) is 0 Å². The summed E-state index contributed by atoms with van der Waals surface area (Å²) in [7, 11) is 0. The molecule has 0 heterocycles. The monoisotopic (exact) mass is 172 g/mol. The van der Waals surface area contributed by atoms with Gasteiger partial charge in [0.05, 0.1) is 11.6 Å². The molecule has 62 valence electrons. The van der Waals surface area contributed by atoms with Crippen LogP contribution in [0.3, 0.4) is 0 Å². The van der Waals surface area contributed by atoms with Gasteiger partial charge in [0, 0.05) is 0 Å². The molecule has 0 amide bonds. The van der Waals surface area contributed by atoms with Crippen molar-refractivity contribution in [3.8, 4) is 12.3 Å². The number of nitrogens with zero attached hydrogens (tertiary/aromatic N) is 4. The van der Waals surface area contributed by atoms with Crippen molar-refractivity contribution < 1.29 is 4.86 Å². The van der Waals surface area contributed by atoms with Gasteiger partial charge in [-0.3, -0.25) is 0 Å². The average molecular weight is 172 g/mol. The van der Waals surface area contributed by atoms with E-state index in [2.05, 4.69) is 5.11 Å². The van der Waals surface area contributed by atoms with Gasteiger partial charge in [0.2, 0.25) is 0 Å². The molecule has 0 radical (unpaired) electrons. The predicted octanol–water partition coefficient (Wildman–Crippen LogP) is 1.63. The molecule has 0 saturated carbocycles. The smallest absolute Gasteiger partial charge is 0.485 e. The van der Waals surface area contributed by atoms with E-state index < -0.39 is 0 Å². The first-order valence-corrected chi connectivity index (χ1v) is 3.35. The summed E-state index contributed by atoms with van der Waals surface area (Å²) in [4.78, 5) is -0.0959. The summed E-state index contributed by atoms with van der Waals surface area (Å²) < 4.78 is 0. The number of hydroxylamine groups is 1. The van der Waals surface area contributed by atoms with Gasteiger partial charge in [-0.05, 0) is 24.3 Å². The number of azo groups is 1. The maximum atomic E-state index is 10.5. The van der Waals surface area contributed by atoms with Gasteiger partial charge in [-0.15, -0.1) is 0 Å². The van der Waals surface area contributed by atoms with Crippen LogP contribution in [0.2, 0.25) is 0 Å². The Morgan fingerprint density at radius 3 is 2.31 bits per heavy atom. The lowest BCUT2D eigenvalue weighted by Gasteiger charge is -1.93. The Morgan fingerprint density at radius 1 is 1.23 bits per heavy atom. The second-order valence-electron chi connectivity index (χ2n) is 2.13. The topological polar surface area (TPSA) is 86.0 Å². The van der Waals surface area contributed by atoms with Gasteiger partial charge in [-0.2, -0.15) is 5.26 Å². The Morgan fingerprint density at radius 2 is 1.85 bits per heavy atom. The minimum absolute atomic E-state index is 0.0959. The largest absolute Gasteiger partial charge is 0.682 e. The first-order chi connectivity index (χ1) is 6.26. The quantitative estimate of drug-likeness (QED) is 0.212. The number of hydrogen-bond acceptors (Lipinski definition) is 4. The van der Waals surface area contributed by atoms with E-state index in [4.69, 9.17) is 10.5 Å². The molecule has 0 spiro atoms. The zero-order valence-corrected chi connectivity index (χ0v) is 6.51. The summed E-state index contributed by atoms with van der Waals surface area (Å²) in [6.07, 6.45) is 1.29. The molecular weight excluding hydrogens is 168 g/mol. The van der Waals surface area contributed by atoms with Crippen molar-refractivity contribution in [2.24, 2.45) is 5.11 Å². The molecule has 5 heteroatoms. The third-order valence-electron chi connectivity index (χ3n) is 1.29. The second-order valence-corrected chi connectivity index (χ2v) is 2.13. The van der Waals surface area contributed by atoms with E-state index in [1.807, 2.05) is 6.07 Å². The molecule has 0 aromatic heterocycles. The number of hydrogen-bond donors (Lipinski definition) is 0.